The molecule has 1 unspecified atom stereocenters. The summed E-state index contributed by atoms with van der Waals surface area (Å²) in [7, 11) is 3.41. The van der Waals surface area contributed by atoms with Crippen molar-refractivity contribution in [3.8, 4) is 11.5 Å². The van der Waals surface area contributed by atoms with Gasteiger partial charge in [-0.25, -0.2) is 0 Å². The van der Waals surface area contributed by atoms with Gasteiger partial charge in [-0.1, -0.05) is 54.6 Å². The van der Waals surface area contributed by atoms with Gasteiger partial charge in [0, 0.05) is 30.5 Å². The van der Waals surface area contributed by atoms with Gasteiger partial charge in [0.2, 0.25) is 0 Å². The van der Waals surface area contributed by atoms with Gasteiger partial charge in [0.15, 0.2) is 0 Å². The minimum absolute atomic E-state index is 0.263. The van der Waals surface area contributed by atoms with Crippen LogP contribution in [-0.4, -0.2) is 42.4 Å². The van der Waals surface area contributed by atoms with E-state index in [1.807, 2.05) is 0 Å². The third-order valence-corrected chi connectivity index (χ3v) is 7.30. The van der Waals surface area contributed by atoms with E-state index in [4.69, 9.17) is 9.47 Å². The lowest BCUT2D eigenvalue weighted by molar-refractivity contribution is 0.0269. The van der Waals surface area contributed by atoms with Gasteiger partial charge >= 0.3 is 0 Å². The van der Waals surface area contributed by atoms with Gasteiger partial charge in [-0.3, -0.25) is 4.90 Å². The lowest BCUT2D eigenvalue weighted by atomic mass is 9.78. The fraction of sp³-hybridized carbons (Fsp3) is 0.357. The Labute approximate surface area is 190 Å². The maximum atomic E-state index is 10.8. The quantitative estimate of drug-likeness (QED) is 0.600. The highest BCUT2D eigenvalue weighted by Gasteiger charge is 2.53. The summed E-state index contributed by atoms with van der Waals surface area (Å²) in [4.78, 5) is 2.64. The largest absolute Gasteiger partial charge is 0.497 e. The van der Waals surface area contributed by atoms with E-state index in [9.17, 15) is 5.11 Å². The molecule has 3 aromatic carbocycles. The Morgan fingerprint density at radius 3 is 1.62 bits per heavy atom. The van der Waals surface area contributed by atoms with Crippen molar-refractivity contribution in [2.45, 2.75) is 49.4 Å². The van der Waals surface area contributed by atoms with E-state index in [2.05, 4.69) is 83.8 Å². The zero-order valence-corrected chi connectivity index (χ0v) is 18.7. The van der Waals surface area contributed by atoms with E-state index < -0.39 is 0 Å². The highest BCUT2D eigenvalue weighted by molar-refractivity contribution is 5.40. The highest BCUT2D eigenvalue weighted by atomic mass is 16.5. The first-order chi connectivity index (χ1) is 15.7. The third-order valence-electron chi connectivity index (χ3n) is 7.30. The number of ether oxygens (including phenoxy) is 2. The predicted octanol–water partition coefficient (Wildman–Crippen LogP) is 4.98. The summed E-state index contributed by atoms with van der Waals surface area (Å²) in [6.07, 6.45) is 1.33. The summed E-state index contributed by atoms with van der Waals surface area (Å²) in [5.41, 5.74) is 3.94. The first-order valence-electron chi connectivity index (χ1n) is 11.4. The van der Waals surface area contributed by atoms with Crippen molar-refractivity contribution < 1.29 is 14.6 Å². The van der Waals surface area contributed by atoms with Gasteiger partial charge in [0.05, 0.1) is 20.3 Å². The summed E-state index contributed by atoms with van der Waals surface area (Å²) in [5, 5.41) is 10.8. The number of fused-ring (bicyclic) bond motifs is 2. The smallest absolute Gasteiger partial charge is 0.118 e. The molecule has 2 aliphatic heterocycles. The molecule has 3 aromatic rings. The number of hydrogen-bond donors (Lipinski definition) is 1. The number of aliphatic hydroxyl groups excluding tert-OH is 1. The molecule has 2 aliphatic rings. The fourth-order valence-electron chi connectivity index (χ4n) is 5.89. The molecule has 0 spiro atoms. The van der Waals surface area contributed by atoms with Crippen molar-refractivity contribution in [2.24, 2.45) is 0 Å². The molecule has 0 saturated carbocycles. The molecule has 0 amide bonds. The van der Waals surface area contributed by atoms with E-state index in [-0.39, 0.29) is 18.2 Å². The van der Waals surface area contributed by atoms with Crippen LogP contribution < -0.4 is 9.47 Å². The molecule has 0 aliphatic carbocycles. The molecular formula is C28H31NO3. The van der Waals surface area contributed by atoms with Gasteiger partial charge in [0.1, 0.15) is 11.5 Å². The van der Waals surface area contributed by atoms with Crippen LogP contribution >= 0.6 is 0 Å². The number of nitrogens with zero attached hydrogens (tertiary/aromatic N) is 1. The van der Waals surface area contributed by atoms with Crippen molar-refractivity contribution in [3.63, 3.8) is 0 Å². The first kappa shape index (κ1) is 21.0. The number of rotatable bonds is 6. The van der Waals surface area contributed by atoms with Crippen LogP contribution in [-0.2, 0) is 6.54 Å². The monoisotopic (exact) mass is 429 g/mol. The van der Waals surface area contributed by atoms with Crippen LogP contribution in [0.2, 0.25) is 0 Å². The summed E-state index contributed by atoms with van der Waals surface area (Å²) in [6.45, 7) is 0.905. The number of hydrogen-bond acceptors (Lipinski definition) is 4. The lowest BCUT2D eigenvalue weighted by Crippen LogP contribution is -2.45. The SMILES string of the molecule is COc1ccc([C@@H]2[C@H](c3ccc(OC)cc3)[C@H]3CC(O)C[C@@H]2N3Cc2ccccc2)cc1. The molecule has 2 heterocycles. The Bertz CT molecular complexity index is 955. The third kappa shape index (κ3) is 3.89. The van der Waals surface area contributed by atoms with Crippen molar-refractivity contribution >= 4 is 0 Å². The van der Waals surface area contributed by atoms with Crippen molar-refractivity contribution in [1.29, 1.82) is 0 Å². The molecule has 2 fully saturated rings. The van der Waals surface area contributed by atoms with Gasteiger partial charge in [0.25, 0.3) is 0 Å². The van der Waals surface area contributed by atoms with E-state index in [0.717, 1.165) is 30.9 Å². The summed E-state index contributed by atoms with van der Waals surface area (Å²) < 4.78 is 10.8. The predicted molar refractivity (Wildman–Crippen MR) is 126 cm³/mol. The second-order valence-electron chi connectivity index (χ2n) is 9.02. The lowest BCUT2D eigenvalue weighted by Gasteiger charge is -2.38. The highest BCUT2D eigenvalue weighted by Crippen LogP contribution is 2.54. The van der Waals surface area contributed by atoms with Gasteiger partial charge in [-0.2, -0.15) is 0 Å². The maximum Gasteiger partial charge on any atom is 0.118 e. The molecule has 5 atom stereocenters. The first-order valence-corrected chi connectivity index (χ1v) is 11.4. The van der Waals surface area contributed by atoms with E-state index in [1.165, 1.54) is 16.7 Å². The Kier molecular flexibility index (Phi) is 5.90. The zero-order chi connectivity index (χ0) is 22.1. The van der Waals surface area contributed by atoms with Crippen LogP contribution in [0.25, 0.3) is 0 Å². The van der Waals surface area contributed by atoms with E-state index >= 15 is 0 Å². The number of methoxy groups -OCH3 is 2. The standard InChI is InChI=1S/C28H31NO3/c1-31-23-12-8-20(9-13-23)27-25-16-22(30)17-26(29(25)18-19-6-4-3-5-7-19)28(27)21-10-14-24(32-2)15-11-21/h3-15,22,25-28,30H,16-18H2,1-2H3/t22?,25-,26+,27-,28+. The minimum atomic E-state index is -0.263. The molecule has 2 bridgehead atoms. The maximum absolute atomic E-state index is 10.8. The molecule has 5 rings (SSSR count). The molecule has 2 saturated heterocycles. The number of benzene rings is 3. The Morgan fingerprint density at radius 2 is 1.19 bits per heavy atom. The van der Waals surface area contributed by atoms with Crippen LogP contribution in [0.3, 0.4) is 0 Å². The molecule has 4 nitrogen and oxygen atoms in total. The molecule has 166 valence electrons. The van der Waals surface area contributed by atoms with Crippen LogP contribution in [0, 0.1) is 0 Å². The summed E-state index contributed by atoms with van der Waals surface area (Å²) in [6, 6.07) is 28.3. The van der Waals surface area contributed by atoms with E-state index in [1.54, 1.807) is 14.2 Å². The van der Waals surface area contributed by atoms with Crippen molar-refractivity contribution in [1.82, 2.24) is 4.90 Å². The molecular weight excluding hydrogens is 398 g/mol. The van der Waals surface area contributed by atoms with Crippen molar-refractivity contribution in [3.05, 3.63) is 95.6 Å². The Balaban J connectivity index is 1.57. The normalized spacial score (nSPS) is 27.3. The molecule has 0 radical (unpaired) electrons. The average Bonchev–Trinajstić information content (AvgIpc) is 3.02. The average molecular weight is 430 g/mol. The molecule has 0 aromatic heterocycles. The van der Waals surface area contributed by atoms with Crippen molar-refractivity contribution in [2.75, 3.05) is 14.2 Å². The number of aliphatic hydroxyl groups is 1. The van der Waals surface area contributed by atoms with Crippen LogP contribution in [0.5, 0.6) is 11.5 Å². The second-order valence-corrected chi connectivity index (χ2v) is 9.02. The van der Waals surface area contributed by atoms with Crippen LogP contribution in [0.1, 0.15) is 41.4 Å². The zero-order valence-electron chi connectivity index (χ0n) is 18.7. The van der Waals surface area contributed by atoms with Gasteiger partial charge in [-0.15, -0.1) is 0 Å². The topological polar surface area (TPSA) is 41.9 Å². The second kappa shape index (κ2) is 8.97. The van der Waals surface area contributed by atoms with E-state index in [0.29, 0.717) is 11.8 Å². The molecule has 1 N–H and O–H groups in total. The summed E-state index contributed by atoms with van der Waals surface area (Å²) >= 11 is 0. The Hall–Kier alpha value is -2.82. The van der Waals surface area contributed by atoms with Gasteiger partial charge < -0.3 is 14.6 Å². The number of piperidine rings is 1. The fourth-order valence-corrected chi connectivity index (χ4v) is 5.89. The van der Waals surface area contributed by atoms with Gasteiger partial charge in [-0.05, 0) is 53.8 Å². The van der Waals surface area contributed by atoms with Crippen LogP contribution in [0.4, 0.5) is 0 Å². The minimum Gasteiger partial charge on any atom is -0.497 e. The Morgan fingerprint density at radius 1 is 0.719 bits per heavy atom. The summed E-state index contributed by atoms with van der Waals surface area (Å²) in [5.74, 6) is 2.36. The molecule has 4 heteroatoms. The molecule has 32 heavy (non-hydrogen) atoms. The van der Waals surface area contributed by atoms with Crippen LogP contribution in [0.15, 0.2) is 78.9 Å².